The molecular formula is C18H25BrN2O3S. The van der Waals surface area contributed by atoms with E-state index in [4.69, 9.17) is 0 Å². The van der Waals surface area contributed by atoms with E-state index in [-0.39, 0.29) is 10.8 Å². The van der Waals surface area contributed by atoms with Crippen LogP contribution in [-0.4, -0.2) is 38.3 Å². The molecule has 0 N–H and O–H groups in total. The summed E-state index contributed by atoms with van der Waals surface area (Å²) in [6.07, 6.45) is 2.10. The molecule has 0 unspecified atom stereocenters. The average molecular weight is 429 g/mol. The van der Waals surface area contributed by atoms with Crippen molar-refractivity contribution in [1.82, 2.24) is 4.31 Å². The number of sulfonamides is 1. The Balaban J connectivity index is 2.09. The molecule has 25 heavy (non-hydrogen) atoms. The molecule has 7 heteroatoms. The first-order valence-corrected chi connectivity index (χ1v) is 11.1. The monoisotopic (exact) mass is 428 g/mol. The highest BCUT2D eigenvalue weighted by Gasteiger charge is 2.37. The van der Waals surface area contributed by atoms with E-state index in [1.807, 2.05) is 6.07 Å². The molecule has 0 aromatic heterocycles. The van der Waals surface area contributed by atoms with E-state index < -0.39 is 10.0 Å². The lowest BCUT2D eigenvalue weighted by atomic mass is 9.94. The second kappa shape index (κ2) is 7.00. The normalized spacial score (nSPS) is 24.4. The van der Waals surface area contributed by atoms with E-state index in [0.717, 1.165) is 16.5 Å². The van der Waals surface area contributed by atoms with Crippen molar-refractivity contribution < 1.29 is 13.2 Å². The van der Waals surface area contributed by atoms with Gasteiger partial charge in [-0.2, -0.15) is 4.31 Å². The molecule has 0 bridgehead atoms. The van der Waals surface area contributed by atoms with Gasteiger partial charge in [0.2, 0.25) is 15.9 Å². The van der Waals surface area contributed by atoms with Crippen LogP contribution in [0.3, 0.4) is 0 Å². The van der Waals surface area contributed by atoms with Crippen LogP contribution >= 0.6 is 15.9 Å². The number of fused-ring (bicyclic) bond motifs is 1. The van der Waals surface area contributed by atoms with Gasteiger partial charge in [-0.25, -0.2) is 8.42 Å². The number of nitrogens with zero attached hydrogens (tertiary/aromatic N) is 2. The summed E-state index contributed by atoms with van der Waals surface area (Å²) in [6, 6.07) is 3.58. The quantitative estimate of drug-likeness (QED) is 0.740. The highest BCUT2D eigenvalue weighted by atomic mass is 79.9. The van der Waals surface area contributed by atoms with Crippen LogP contribution in [-0.2, 0) is 21.2 Å². The SMILES string of the molecule is CCC(=O)N1CCc2cc(Br)cc(S(=O)(=O)N3C[C@@H](C)C[C@H](C)C3)c21. The minimum Gasteiger partial charge on any atom is -0.310 e. The molecule has 0 spiro atoms. The van der Waals surface area contributed by atoms with Gasteiger partial charge >= 0.3 is 0 Å². The molecule has 2 aliphatic heterocycles. The number of hydrogen-bond acceptors (Lipinski definition) is 3. The van der Waals surface area contributed by atoms with Crippen LogP contribution in [0.2, 0.25) is 0 Å². The molecule has 138 valence electrons. The summed E-state index contributed by atoms with van der Waals surface area (Å²) >= 11 is 3.44. The third kappa shape index (κ3) is 3.51. The Bertz CT molecular complexity index is 784. The standard InChI is InChI=1S/C18H25BrN2O3S/c1-4-17(22)21-6-5-14-8-15(19)9-16(18(14)21)25(23,24)20-10-12(2)7-13(3)11-20/h8-9,12-13H,4-7,10-11H2,1-3H3/t12-,13-/m0/s1. The van der Waals surface area contributed by atoms with Crippen molar-refractivity contribution in [2.24, 2.45) is 11.8 Å². The van der Waals surface area contributed by atoms with Gasteiger partial charge in [0.15, 0.2) is 0 Å². The zero-order valence-electron chi connectivity index (χ0n) is 15.0. The first kappa shape index (κ1) is 18.9. The first-order valence-electron chi connectivity index (χ1n) is 8.87. The van der Waals surface area contributed by atoms with Gasteiger partial charge in [0.05, 0.1) is 5.69 Å². The average Bonchev–Trinajstić information content (AvgIpc) is 2.95. The van der Waals surface area contributed by atoms with Gasteiger partial charge in [0, 0.05) is 30.5 Å². The maximum absolute atomic E-state index is 13.4. The molecule has 1 fully saturated rings. The lowest BCUT2D eigenvalue weighted by Crippen LogP contribution is -2.43. The van der Waals surface area contributed by atoms with Crippen LogP contribution in [0.5, 0.6) is 0 Å². The smallest absolute Gasteiger partial charge is 0.245 e. The third-order valence-electron chi connectivity index (χ3n) is 5.05. The maximum atomic E-state index is 13.4. The summed E-state index contributed by atoms with van der Waals surface area (Å²) in [6.45, 7) is 7.62. The number of amides is 1. The zero-order valence-corrected chi connectivity index (χ0v) is 17.4. The highest BCUT2D eigenvalue weighted by molar-refractivity contribution is 9.10. The topological polar surface area (TPSA) is 57.7 Å². The summed E-state index contributed by atoms with van der Waals surface area (Å²) < 4.78 is 29.2. The van der Waals surface area contributed by atoms with Crippen molar-refractivity contribution in [2.75, 3.05) is 24.5 Å². The number of rotatable bonds is 3. The van der Waals surface area contributed by atoms with Gasteiger partial charge in [-0.15, -0.1) is 0 Å². The van der Waals surface area contributed by atoms with Gasteiger partial charge in [0.1, 0.15) is 4.90 Å². The second-order valence-electron chi connectivity index (χ2n) is 7.33. The van der Waals surface area contributed by atoms with Gasteiger partial charge in [-0.3, -0.25) is 4.79 Å². The van der Waals surface area contributed by atoms with Gasteiger partial charge in [0.25, 0.3) is 0 Å². The first-order chi connectivity index (χ1) is 11.7. The molecule has 2 atom stereocenters. The summed E-state index contributed by atoms with van der Waals surface area (Å²) in [5.74, 6) is 0.650. The molecule has 2 aliphatic rings. The molecule has 5 nitrogen and oxygen atoms in total. The van der Waals surface area contributed by atoms with Crippen LogP contribution in [0.4, 0.5) is 5.69 Å². The van der Waals surface area contributed by atoms with E-state index >= 15 is 0 Å². The zero-order chi connectivity index (χ0) is 18.4. The van der Waals surface area contributed by atoms with Crippen LogP contribution in [0.15, 0.2) is 21.5 Å². The fourth-order valence-corrected chi connectivity index (χ4v) is 6.65. The molecule has 3 rings (SSSR count). The molecule has 2 heterocycles. The van der Waals surface area contributed by atoms with Crippen LogP contribution in [0, 0.1) is 11.8 Å². The molecular weight excluding hydrogens is 404 g/mol. The minimum atomic E-state index is -3.64. The van der Waals surface area contributed by atoms with E-state index in [0.29, 0.717) is 50.0 Å². The van der Waals surface area contributed by atoms with Gasteiger partial charge in [-0.05, 0) is 42.4 Å². The third-order valence-corrected chi connectivity index (χ3v) is 7.35. The number of carbonyl (C=O) groups excluding carboxylic acids is 1. The van der Waals surface area contributed by atoms with Gasteiger partial charge in [-0.1, -0.05) is 36.7 Å². The number of carbonyl (C=O) groups is 1. The summed E-state index contributed by atoms with van der Waals surface area (Å²) in [4.78, 5) is 14.2. The van der Waals surface area contributed by atoms with Crippen LogP contribution in [0.1, 0.15) is 39.2 Å². The predicted octanol–water partition coefficient (Wildman–Crippen LogP) is 3.41. The van der Waals surface area contributed by atoms with Crippen molar-refractivity contribution in [3.05, 3.63) is 22.2 Å². The second-order valence-corrected chi connectivity index (χ2v) is 10.2. The minimum absolute atomic E-state index is 0.0297. The number of benzene rings is 1. The van der Waals surface area contributed by atoms with Crippen LogP contribution in [0.25, 0.3) is 0 Å². The summed E-state index contributed by atoms with van der Waals surface area (Å²) in [5, 5.41) is 0. The van der Waals surface area contributed by atoms with E-state index in [1.165, 1.54) is 0 Å². The fourth-order valence-electron chi connectivity index (χ4n) is 4.05. The maximum Gasteiger partial charge on any atom is 0.245 e. The van der Waals surface area contributed by atoms with Crippen molar-refractivity contribution in [1.29, 1.82) is 0 Å². The fraction of sp³-hybridized carbons (Fsp3) is 0.611. The molecule has 0 radical (unpaired) electrons. The van der Waals surface area contributed by atoms with E-state index in [2.05, 4.69) is 29.8 Å². The lowest BCUT2D eigenvalue weighted by Gasteiger charge is -2.34. The van der Waals surface area contributed by atoms with Crippen molar-refractivity contribution in [3.8, 4) is 0 Å². The Morgan fingerprint density at radius 2 is 1.88 bits per heavy atom. The van der Waals surface area contributed by atoms with E-state index in [9.17, 15) is 13.2 Å². The summed E-state index contributed by atoms with van der Waals surface area (Å²) in [5.41, 5.74) is 1.51. The highest BCUT2D eigenvalue weighted by Crippen LogP contribution is 2.40. The molecule has 0 aliphatic carbocycles. The lowest BCUT2D eigenvalue weighted by molar-refractivity contribution is -0.118. The molecule has 1 aromatic carbocycles. The molecule has 1 saturated heterocycles. The largest absolute Gasteiger partial charge is 0.310 e. The summed E-state index contributed by atoms with van der Waals surface area (Å²) in [7, 11) is -3.64. The number of halogens is 1. The predicted molar refractivity (Wildman–Crippen MR) is 102 cm³/mol. The number of anilines is 1. The Kier molecular flexibility index (Phi) is 5.28. The van der Waals surface area contributed by atoms with E-state index in [1.54, 1.807) is 22.2 Å². The number of hydrogen-bond donors (Lipinski definition) is 0. The Morgan fingerprint density at radius 3 is 2.48 bits per heavy atom. The molecule has 1 aromatic rings. The van der Waals surface area contributed by atoms with Crippen LogP contribution < -0.4 is 4.90 Å². The number of piperidine rings is 1. The molecule has 1 amide bonds. The Labute approximate surface area is 158 Å². The van der Waals surface area contributed by atoms with Crippen molar-refractivity contribution >= 4 is 37.5 Å². The van der Waals surface area contributed by atoms with Crippen molar-refractivity contribution in [3.63, 3.8) is 0 Å². The Hall–Kier alpha value is -0.920. The van der Waals surface area contributed by atoms with Crippen molar-refractivity contribution in [2.45, 2.75) is 44.9 Å². The molecule has 0 saturated carbocycles. The Morgan fingerprint density at radius 1 is 1.24 bits per heavy atom. The van der Waals surface area contributed by atoms with Gasteiger partial charge < -0.3 is 4.90 Å².